The predicted octanol–water partition coefficient (Wildman–Crippen LogP) is 5.13. The van der Waals surface area contributed by atoms with Crippen molar-refractivity contribution in [1.29, 1.82) is 0 Å². The van der Waals surface area contributed by atoms with Gasteiger partial charge in [0.1, 0.15) is 5.60 Å². The molecule has 0 saturated carbocycles. The van der Waals surface area contributed by atoms with Gasteiger partial charge in [-0.1, -0.05) is 103 Å². The Balaban J connectivity index is 1.55. The van der Waals surface area contributed by atoms with Gasteiger partial charge in [0.25, 0.3) is 0 Å². The molecule has 5 rings (SSSR count). The van der Waals surface area contributed by atoms with Gasteiger partial charge in [-0.2, -0.15) is 0 Å². The maximum absolute atomic E-state index is 14.8. The van der Waals surface area contributed by atoms with Crippen molar-refractivity contribution in [1.82, 2.24) is 0 Å². The number of hydrogen-bond donors (Lipinski definition) is 2. The molecule has 1 unspecified atom stereocenters. The minimum Gasteiger partial charge on any atom is -0.396 e. The average Bonchev–Trinajstić information content (AvgIpc) is 3.28. The summed E-state index contributed by atoms with van der Waals surface area (Å²) < 4.78 is 41.6. The molecule has 37 heavy (non-hydrogen) atoms. The number of rotatable bonds is 8. The molecule has 6 heteroatoms. The standard InChI is InChI=1S/C31H29F2NO3/c32-27-18-10-17-25(29(27)33)30(34)21-36-28(26(30)19-35)20-37-31(22-11-4-1-5-12-22,23-13-6-2-7-14-23)24-15-8-3-9-16-24/h1-18,26,28,35H,19-21,34H2/t26-,28-,30?/m1/s1. The van der Waals surface area contributed by atoms with Crippen LogP contribution in [0.25, 0.3) is 0 Å². The molecule has 4 aromatic rings. The van der Waals surface area contributed by atoms with Gasteiger partial charge in [0.2, 0.25) is 0 Å². The number of ether oxygens (including phenoxy) is 2. The van der Waals surface area contributed by atoms with Crippen LogP contribution < -0.4 is 5.73 Å². The predicted molar refractivity (Wildman–Crippen MR) is 138 cm³/mol. The normalized spacial score (nSPS) is 21.7. The smallest absolute Gasteiger partial charge is 0.163 e. The van der Waals surface area contributed by atoms with E-state index in [2.05, 4.69) is 0 Å². The summed E-state index contributed by atoms with van der Waals surface area (Å²) in [5.41, 5.74) is 6.95. The molecular formula is C31H29F2NO3. The number of aliphatic hydroxyl groups is 1. The van der Waals surface area contributed by atoms with Crippen molar-refractivity contribution in [3.8, 4) is 0 Å². The van der Waals surface area contributed by atoms with E-state index in [0.29, 0.717) is 0 Å². The van der Waals surface area contributed by atoms with Gasteiger partial charge in [-0.25, -0.2) is 8.78 Å². The third kappa shape index (κ3) is 4.47. The Bertz CT molecular complexity index is 1220. The number of nitrogens with two attached hydrogens (primary N) is 1. The molecule has 0 aliphatic carbocycles. The number of hydrogen-bond acceptors (Lipinski definition) is 4. The topological polar surface area (TPSA) is 64.7 Å². The molecule has 190 valence electrons. The van der Waals surface area contributed by atoms with Gasteiger partial charge < -0.3 is 20.3 Å². The van der Waals surface area contributed by atoms with Gasteiger partial charge in [-0.3, -0.25) is 0 Å². The van der Waals surface area contributed by atoms with Crippen LogP contribution in [0, 0.1) is 17.6 Å². The average molecular weight is 502 g/mol. The summed E-state index contributed by atoms with van der Waals surface area (Å²) in [6, 6.07) is 33.5. The molecule has 0 radical (unpaired) electrons. The Morgan fingerprint density at radius 2 is 1.32 bits per heavy atom. The van der Waals surface area contributed by atoms with Crippen LogP contribution in [0.3, 0.4) is 0 Å². The fraction of sp³-hybridized carbons (Fsp3) is 0.226. The van der Waals surface area contributed by atoms with Gasteiger partial charge in [0.15, 0.2) is 11.6 Å². The Kier molecular flexibility index (Phi) is 7.17. The maximum atomic E-state index is 14.8. The zero-order chi connectivity index (χ0) is 25.9. The third-order valence-electron chi connectivity index (χ3n) is 7.30. The van der Waals surface area contributed by atoms with Crippen molar-refractivity contribution in [2.45, 2.75) is 17.2 Å². The summed E-state index contributed by atoms with van der Waals surface area (Å²) in [6.45, 7) is -0.406. The number of halogens is 2. The SMILES string of the molecule is NC1(c2cccc(F)c2F)CO[C@H](COC(c2ccccc2)(c2ccccc2)c2ccccc2)[C@H]1CO. The Labute approximate surface area is 215 Å². The van der Waals surface area contributed by atoms with Gasteiger partial charge in [0.05, 0.1) is 31.5 Å². The molecule has 0 spiro atoms. The Hall–Kier alpha value is -3.42. The molecule has 1 aliphatic rings. The van der Waals surface area contributed by atoms with Gasteiger partial charge in [0, 0.05) is 11.5 Å². The Morgan fingerprint density at radius 3 is 1.81 bits per heavy atom. The fourth-order valence-electron chi connectivity index (χ4n) is 5.36. The van der Waals surface area contributed by atoms with Gasteiger partial charge in [-0.05, 0) is 22.8 Å². The lowest BCUT2D eigenvalue weighted by Crippen LogP contribution is -2.48. The molecule has 1 saturated heterocycles. The lowest BCUT2D eigenvalue weighted by atomic mass is 9.78. The summed E-state index contributed by atoms with van der Waals surface area (Å²) in [5, 5.41) is 10.3. The van der Waals surface area contributed by atoms with Crippen molar-refractivity contribution in [2.24, 2.45) is 11.7 Å². The Morgan fingerprint density at radius 1 is 0.811 bits per heavy atom. The van der Waals surface area contributed by atoms with Crippen LogP contribution in [0.15, 0.2) is 109 Å². The summed E-state index contributed by atoms with van der Waals surface area (Å²) in [4.78, 5) is 0. The minimum atomic E-state index is -1.41. The van der Waals surface area contributed by atoms with E-state index in [1.54, 1.807) is 0 Å². The van der Waals surface area contributed by atoms with Crippen LogP contribution in [0.2, 0.25) is 0 Å². The number of aliphatic hydroxyl groups excluding tert-OH is 1. The summed E-state index contributed by atoms with van der Waals surface area (Å²) in [7, 11) is 0. The first-order valence-electron chi connectivity index (χ1n) is 12.3. The number of benzene rings is 4. The van der Waals surface area contributed by atoms with E-state index in [0.717, 1.165) is 22.8 Å². The highest BCUT2D eigenvalue weighted by Gasteiger charge is 2.50. The van der Waals surface area contributed by atoms with Crippen molar-refractivity contribution < 1.29 is 23.4 Å². The van der Waals surface area contributed by atoms with Crippen molar-refractivity contribution in [2.75, 3.05) is 19.8 Å². The maximum Gasteiger partial charge on any atom is 0.163 e. The van der Waals surface area contributed by atoms with E-state index in [9.17, 15) is 13.9 Å². The first-order valence-corrected chi connectivity index (χ1v) is 12.3. The quantitative estimate of drug-likeness (QED) is 0.329. The molecule has 4 nitrogen and oxygen atoms in total. The summed E-state index contributed by atoms with van der Waals surface area (Å²) in [6.07, 6.45) is -0.659. The highest BCUT2D eigenvalue weighted by atomic mass is 19.2. The van der Waals surface area contributed by atoms with Crippen molar-refractivity contribution in [3.63, 3.8) is 0 Å². The van der Waals surface area contributed by atoms with E-state index in [4.69, 9.17) is 15.2 Å². The van der Waals surface area contributed by atoms with Crippen LogP contribution in [0.5, 0.6) is 0 Å². The first-order chi connectivity index (χ1) is 18.0. The largest absolute Gasteiger partial charge is 0.396 e. The van der Waals surface area contributed by atoms with Crippen molar-refractivity contribution >= 4 is 0 Å². The summed E-state index contributed by atoms with van der Waals surface area (Å²) in [5.74, 6) is -2.74. The van der Waals surface area contributed by atoms with E-state index >= 15 is 0 Å². The lowest BCUT2D eigenvalue weighted by molar-refractivity contribution is -0.0603. The van der Waals surface area contributed by atoms with Crippen molar-refractivity contribution in [3.05, 3.63) is 143 Å². The molecule has 0 aromatic heterocycles. The second kappa shape index (κ2) is 10.5. The molecular weight excluding hydrogens is 472 g/mol. The van der Waals surface area contributed by atoms with Crippen LogP contribution in [0.1, 0.15) is 22.3 Å². The second-order valence-corrected chi connectivity index (χ2v) is 9.37. The van der Waals surface area contributed by atoms with Crippen LogP contribution >= 0.6 is 0 Å². The van der Waals surface area contributed by atoms with E-state index in [1.807, 2.05) is 91.0 Å². The lowest BCUT2D eigenvalue weighted by Gasteiger charge is -2.37. The highest BCUT2D eigenvalue weighted by Crippen LogP contribution is 2.43. The second-order valence-electron chi connectivity index (χ2n) is 9.37. The molecule has 1 fully saturated rings. The first kappa shape index (κ1) is 25.2. The van der Waals surface area contributed by atoms with Gasteiger partial charge in [-0.15, -0.1) is 0 Å². The summed E-state index contributed by atoms with van der Waals surface area (Å²) >= 11 is 0. The molecule has 0 amide bonds. The van der Waals surface area contributed by atoms with Crippen LogP contribution in [0.4, 0.5) is 8.78 Å². The zero-order valence-electron chi connectivity index (χ0n) is 20.3. The molecule has 3 N–H and O–H groups in total. The molecule has 3 atom stereocenters. The fourth-order valence-corrected chi connectivity index (χ4v) is 5.36. The van der Waals surface area contributed by atoms with Gasteiger partial charge >= 0.3 is 0 Å². The highest BCUT2D eigenvalue weighted by molar-refractivity contribution is 5.47. The third-order valence-corrected chi connectivity index (χ3v) is 7.30. The van der Waals surface area contributed by atoms with Crippen LogP contribution in [-0.4, -0.2) is 31.0 Å². The monoisotopic (exact) mass is 501 g/mol. The molecule has 0 bridgehead atoms. The van der Waals surface area contributed by atoms with E-state index in [-0.39, 0.29) is 25.4 Å². The van der Waals surface area contributed by atoms with E-state index < -0.39 is 34.8 Å². The minimum absolute atomic E-state index is 0.0190. The zero-order valence-corrected chi connectivity index (χ0v) is 20.3. The van der Waals surface area contributed by atoms with Crippen LogP contribution in [-0.2, 0) is 20.6 Å². The molecule has 1 aliphatic heterocycles. The molecule has 4 aromatic carbocycles. The molecule has 1 heterocycles. The van der Waals surface area contributed by atoms with E-state index in [1.165, 1.54) is 12.1 Å².